The molecule has 1 saturated heterocycles. The zero-order valence-electron chi connectivity index (χ0n) is 11.1. The van der Waals surface area contributed by atoms with Gasteiger partial charge in [-0.05, 0) is 29.3 Å². The fourth-order valence-corrected chi connectivity index (χ4v) is 2.60. The Kier molecular flexibility index (Phi) is 3.71. The SMILES string of the molecule is O=C(CCn1cnnn1)N1CCC[C@H](c2ccn[nH]2)C1. The molecule has 0 radical (unpaired) electrons. The molecule has 8 nitrogen and oxygen atoms in total. The molecule has 3 rings (SSSR count). The van der Waals surface area contributed by atoms with E-state index in [0.717, 1.165) is 31.6 Å². The molecule has 0 saturated carbocycles. The predicted molar refractivity (Wildman–Crippen MR) is 69.6 cm³/mol. The summed E-state index contributed by atoms with van der Waals surface area (Å²) >= 11 is 0. The topological polar surface area (TPSA) is 92.6 Å². The highest BCUT2D eigenvalue weighted by molar-refractivity contribution is 5.76. The molecular weight excluding hydrogens is 258 g/mol. The number of piperidine rings is 1. The normalized spacial score (nSPS) is 19.2. The van der Waals surface area contributed by atoms with E-state index >= 15 is 0 Å². The van der Waals surface area contributed by atoms with Crippen LogP contribution in [0.1, 0.15) is 30.9 Å². The Morgan fingerprint density at radius 2 is 2.45 bits per heavy atom. The van der Waals surface area contributed by atoms with Crippen molar-refractivity contribution < 1.29 is 4.79 Å². The van der Waals surface area contributed by atoms with Crippen molar-refractivity contribution >= 4 is 5.91 Å². The van der Waals surface area contributed by atoms with Gasteiger partial charge in [-0.3, -0.25) is 9.89 Å². The molecule has 1 aliphatic rings. The van der Waals surface area contributed by atoms with Crippen molar-refractivity contribution in [3.8, 4) is 0 Å². The molecular formula is C12H17N7O. The highest BCUT2D eigenvalue weighted by Crippen LogP contribution is 2.25. The number of aryl methyl sites for hydroxylation is 1. The van der Waals surface area contributed by atoms with Crippen molar-refractivity contribution in [2.45, 2.75) is 31.7 Å². The lowest BCUT2D eigenvalue weighted by molar-refractivity contribution is -0.132. The van der Waals surface area contributed by atoms with E-state index < -0.39 is 0 Å². The van der Waals surface area contributed by atoms with E-state index in [1.54, 1.807) is 10.9 Å². The summed E-state index contributed by atoms with van der Waals surface area (Å²) in [6.45, 7) is 2.12. The van der Waals surface area contributed by atoms with Gasteiger partial charge in [-0.2, -0.15) is 5.10 Å². The van der Waals surface area contributed by atoms with Crippen molar-refractivity contribution in [2.24, 2.45) is 0 Å². The highest BCUT2D eigenvalue weighted by Gasteiger charge is 2.25. The number of carbonyl (C=O) groups excluding carboxylic acids is 1. The number of nitrogens with one attached hydrogen (secondary N) is 1. The maximum Gasteiger partial charge on any atom is 0.224 e. The lowest BCUT2D eigenvalue weighted by Crippen LogP contribution is -2.39. The Balaban J connectivity index is 1.55. The van der Waals surface area contributed by atoms with Crippen molar-refractivity contribution in [2.75, 3.05) is 13.1 Å². The summed E-state index contributed by atoms with van der Waals surface area (Å²) in [5.74, 6) is 0.521. The third kappa shape index (κ3) is 2.84. The molecule has 8 heteroatoms. The number of tetrazole rings is 1. The van der Waals surface area contributed by atoms with E-state index in [-0.39, 0.29) is 5.91 Å². The molecule has 1 atom stereocenters. The Morgan fingerprint density at radius 3 is 3.20 bits per heavy atom. The molecule has 0 unspecified atom stereocenters. The maximum atomic E-state index is 12.2. The lowest BCUT2D eigenvalue weighted by Gasteiger charge is -2.32. The van der Waals surface area contributed by atoms with E-state index in [9.17, 15) is 4.79 Å². The summed E-state index contributed by atoms with van der Waals surface area (Å²) in [6.07, 6.45) is 5.84. The number of nitrogens with zero attached hydrogens (tertiary/aromatic N) is 6. The molecule has 3 heterocycles. The number of aromatic amines is 1. The average Bonchev–Trinajstić information content (AvgIpc) is 3.18. The van der Waals surface area contributed by atoms with Crippen LogP contribution in [-0.2, 0) is 11.3 Å². The number of carbonyl (C=O) groups is 1. The number of hydrogen-bond acceptors (Lipinski definition) is 5. The van der Waals surface area contributed by atoms with Gasteiger partial charge in [0.05, 0.1) is 6.54 Å². The minimum atomic E-state index is 0.157. The molecule has 0 bridgehead atoms. The fraction of sp³-hybridized carbons (Fsp3) is 0.583. The van der Waals surface area contributed by atoms with Crippen LogP contribution in [0, 0.1) is 0 Å². The van der Waals surface area contributed by atoms with Crippen molar-refractivity contribution in [3.63, 3.8) is 0 Å². The van der Waals surface area contributed by atoms with Crippen LogP contribution < -0.4 is 0 Å². The second kappa shape index (κ2) is 5.81. The van der Waals surface area contributed by atoms with E-state index in [1.165, 1.54) is 6.33 Å². The van der Waals surface area contributed by atoms with Crippen LogP contribution in [0.4, 0.5) is 0 Å². The van der Waals surface area contributed by atoms with Crippen LogP contribution in [0.15, 0.2) is 18.6 Å². The van der Waals surface area contributed by atoms with Crippen molar-refractivity contribution in [1.29, 1.82) is 0 Å². The number of rotatable bonds is 4. The smallest absolute Gasteiger partial charge is 0.224 e. The third-order valence-electron chi connectivity index (χ3n) is 3.68. The molecule has 0 aromatic carbocycles. The van der Waals surface area contributed by atoms with Gasteiger partial charge in [0.2, 0.25) is 5.91 Å². The predicted octanol–water partition coefficient (Wildman–Crippen LogP) is 0.192. The van der Waals surface area contributed by atoms with E-state index in [0.29, 0.717) is 18.9 Å². The third-order valence-corrected chi connectivity index (χ3v) is 3.68. The number of likely N-dealkylation sites (tertiary alicyclic amines) is 1. The first-order chi connectivity index (χ1) is 9.83. The molecule has 106 valence electrons. The van der Waals surface area contributed by atoms with E-state index in [2.05, 4.69) is 25.7 Å². The van der Waals surface area contributed by atoms with Gasteiger partial charge in [-0.1, -0.05) is 0 Å². The maximum absolute atomic E-state index is 12.2. The van der Waals surface area contributed by atoms with Crippen LogP contribution in [0.25, 0.3) is 0 Å². The summed E-state index contributed by atoms with van der Waals surface area (Å²) in [5, 5.41) is 17.9. The standard InChI is InChI=1S/C12H17N7O/c20-12(4-7-19-9-14-16-17-19)18-6-1-2-10(8-18)11-3-5-13-15-11/h3,5,9-10H,1-2,4,6-8H2,(H,13,15)/t10-/m0/s1. The number of hydrogen-bond donors (Lipinski definition) is 1. The van der Waals surface area contributed by atoms with Gasteiger partial charge in [0.25, 0.3) is 0 Å². The molecule has 0 spiro atoms. The van der Waals surface area contributed by atoms with E-state index in [4.69, 9.17) is 0 Å². The Hall–Kier alpha value is -2.25. The first kappa shape index (κ1) is 12.8. The first-order valence-electron chi connectivity index (χ1n) is 6.81. The van der Waals surface area contributed by atoms with Crippen LogP contribution in [0.3, 0.4) is 0 Å². The van der Waals surface area contributed by atoms with Gasteiger partial charge in [-0.15, -0.1) is 5.10 Å². The molecule has 2 aromatic heterocycles. The number of aromatic nitrogens is 6. The minimum Gasteiger partial charge on any atom is -0.342 e. The summed E-state index contributed by atoms with van der Waals surface area (Å²) < 4.78 is 1.58. The molecule has 2 aromatic rings. The highest BCUT2D eigenvalue weighted by atomic mass is 16.2. The molecule has 1 amide bonds. The first-order valence-corrected chi connectivity index (χ1v) is 6.81. The van der Waals surface area contributed by atoms with E-state index in [1.807, 2.05) is 11.0 Å². The molecule has 20 heavy (non-hydrogen) atoms. The van der Waals surface area contributed by atoms with Crippen LogP contribution in [0.5, 0.6) is 0 Å². The minimum absolute atomic E-state index is 0.157. The second-order valence-electron chi connectivity index (χ2n) is 5.01. The average molecular weight is 275 g/mol. The Bertz CT molecular complexity index is 536. The quantitative estimate of drug-likeness (QED) is 0.860. The Labute approximate surface area is 116 Å². The molecule has 1 aliphatic heterocycles. The Morgan fingerprint density at radius 1 is 1.50 bits per heavy atom. The van der Waals surface area contributed by atoms with Gasteiger partial charge in [-0.25, -0.2) is 4.68 Å². The zero-order valence-corrected chi connectivity index (χ0v) is 11.1. The van der Waals surface area contributed by atoms with Gasteiger partial charge in [0.1, 0.15) is 6.33 Å². The van der Waals surface area contributed by atoms with Crippen LogP contribution >= 0.6 is 0 Å². The number of amides is 1. The van der Waals surface area contributed by atoms with Crippen LogP contribution in [0.2, 0.25) is 0 Å². The van der Waals surface area contributed by atoms with Gasteiger partial charge >= 0.3 is 0 Å². The number of H-pyrrole nitrogens is 1. The summed E-state index contributed by atoms with van der Waals surface area (Å²) in [4.78, 5) is 14.2. The molecule has 1 fully saturated rings. The molecule has 0 aliphatic carbocycles. The monoisotopic (exact) mass is 275 g/mol. The zero-order chi connectivity index (χ0) is 13.8. The molecule has 1 N–H and O–H groups in total. The summed E-state index contributed by atoms with van der Waals surface area (Å²) in [7, 11) is 0. The van der Waals surface area contributed by atoms with Crippen molar-refractivity contribution in [3.05, 3.63) is 24.3 Å². The van der Waals surface area contributed by atoms with Crippen molar-refractivity contribution in [1.82, 2.24) is 35.3 Å². The second-order valence-corrected chi connectivity index (χ2v) is 5.01. The largest absolute Gasteiger partial charge is 0.342 e. The summed E-state index contributed by atoms with van der Waals surface area (Å²) in [5.41, 5.74) is 1.11. The summed E-state index contributed by atoms with van der Waals surface area (Å²) in [6, 6.07) is 1.99. The van der Waals surface area contributed by atoms with Gasteiger partial charge < -0.3 is 4.90 Å². The van der Waals surface area contributed by atoms with Gasteiger partial charge in [0, 0.05) is 37.3 Å². The van der Waals surface area contributed by atoms with Crippen LogP contribution in [-0.4, -0.2) is 54.3 Å². The lowest BCUT2D eigenvalue weighted by atomic mass is 9.95. The fourth-order valence-electron chi connectivity index (χ4n) is 2.60. The van der Waals surface area contributed by atoms with Gasteiger partial charge in [0.15, 0.2) is 0 Å².